The van der Waals surface area contributed by atoms with E-state index in [0.29, 0.717) is 33.4 Å². The molecule has 36 heavy (non-hydrogen) atoms. The van der Waals surface area contributed by atoms with Crippen LogP contribution >= 0.6 is 0 Å². The van der Waals surface area contributed by atoms with Crippen molar-refractivity contribution in [3.8, 4) is 22.6 Å². The van der Waals surface area contributed by atoms with Crippen LogP contribution in [0, 0.1) is 0 Å². The third-order valence-electron chi connectivity index (χ3n) is 5.57. The van der Waals surface area contributed by atoms with Crippen molar-refractivity contribution in [3.05, 3.63) is 58.7 Å². The maximum Gasteiger partial charge on any atom is 0.330 e. The van der Waals surface area contributed by atoms with E-state index in [9.17, 15) is 19.8 Å². The molecule has 0 aliphatic heterocycles. The summed E-state index contributed by atoms with van der Waals surface area (Å²) in [4.78, 5) is 23.8. The van der Waals surface area contributed by atoms with Gasteiger partial charge in [0.2, 0.25) is 0 Å². The summed E-state index contributed by atoms with van der Waals surface area (Å²) in [6, 6.07) is 7.09. The number of esters is 2. The van der Waals surface area contributed by atoms with E-state index in [1.807, 2.05) is 53.7 Å². The first kappa shape index (κ1) is 28.7. The average molecular weight is 495 g/mol. The van der Waals surface area contributed by atoms with Gasteiger partial charge in [-0.1, -0.05) is 41.5 Å². The van der Waals surface area contributed by atoms with E-state index < -0.39 is 22.8 Å². The Balaban J connectivity index is 2.83. The van der Waals surface area contributed by atoms with Gasteiger partial charge in [0.25, 0.3) is 0 Å². The number of hydrogen-bond donors (Lipinski definition) is 2. The minimum atomic E-state index is -0.464. The van der Waals surface area contributed by atoms with Crippen molar-refractivity contribution in [1.29, 1.82) is 0 Å². The van der Waals surface area contributed by atoms with E-state index in [2.05, 4.69) is 0 Å². The molecule has 0 aliphatic carbocycles. The normalized spacial score (nSPS) is 12.3. The fourth-order valence-electron chi connectivity index (χ4n) is 3.77. The lowest BCUT2D eigenvalue weighted by molar-refractivity contribution is -0.138. The molecule has 0 spiro atoms. The first-order valence-corrected chi connectivity index (χ1v) is 12.1. The molecule has 2 N–H and O–H groups in total. The SMILES string of the molecule is CCOC(=O)/C=C/c1cc(-c2cc(/C=C/C(=O)OCC)cc(C(C)(C)C)c2O)c(O)c(C(C)(C)C)c1. The highest BCUT2D eigenvalue weighted by Crippen LogP contribution is 2.46. The molecule has 0 aromatic heterocycles. The second-order valence-electron chi connectivity index (χ2n) is 10.6. The van der Waals surface area contributed by atoms with Gasteiger partial charge in [-0.05, 0) is 72.2 Å². The molecule has 0 saturated carbocycles. The van der Waals surface area contributed by atoms with E-state index in [0.717, 1.165) is 0 Å². The van der Waals surface area contributed by atoms with Crippen molar-refractivity contribution < 1.29 is 29.3 Å². The molecule has 0 heterocycles. The number of hydrogen-bond acceptors (Lipinski definition) is 6. The van der Waals surface area contributed by atoms with Crippen LogP contribution in [0.15, 0.2) is 36.4 Å². The van der Waals surface area contributed by atoms with Crippen molar-refractivity contribution in [2.45, 2.75) is 66.2 Å². The summed E-state index contributed by atoms with van der Waals surface area (Å²) in [5, 5.41) is 22.7. The zero-order chi connectivity index (χ0) is 27.3. The van der Waals surface area contributed by atoms with E-state index in [4.69, 9.17) is 9.47 Å². The van der Waals surface area contributed by atoms with E-state index in [-0.39, 0.29) is 24.7 Å². The van der Waals surface area contributed by atoms with Crippen LogP contribution in [0.5, 0.6) is 11.5 Å². The average Bonchev–Trinajstić information content (AvgIpc) is 2.76. The van der Waals surface area contributed by atoms with E-state index in [1.54, 1.807) is 38.1 Å². The van der Waals surface area contributed by atoms with E-state index >= 15 is 0 Å². The third kappa shape index (κ3) is 7.23. The first-order valence-electron chi connectivity index (χ1n) is 12.1. The zero-order valence-corrected chi connectivity index (χ0v) is 22.6. The summed E-state index contributed by atoms with van der Waals surface area (Å²) >= 11 is 0. The minimum absolute atomic E-state index is 0.0393. The fourth-order valence-corrected chi connectivity index (χ4v) is 3.77. The highest BCUT2D eigenvalue weighted by atomic mass is 16.5. The molecular formula is C30H38O6. The maximum absolute atomic E-state index is 11.9. The summed E-state index contributed by atoms with van der Waals surface area (Å²) in [7, 11) is 0. The predicted molar refractivity (Wildman–Crippen MR) is 144 cm³/mol. The van der Waals surface area contributed by atoms with Gasteiger partial charge in [0, 0.05) is 34.4 Å². The van der Waals surface area contributed by atoms with Gasteiger partial charge >= 0.3 is 11.9 Å². The number of rotatable bonds is 7. The Labute approximate surface area is 214 Å². The molecule has 194 valence electrons. The zero-order valence-electron chi connectivity index (χ0n) is 22.6. The van der Waals surface area contributed by atoms with Crippen LogP contribution in [0.4, 0.5) is 0 Å². The largest absolute Gasteiger partial charge is 0.507 e. The molecule has 0 unspecified atom stereocenters. The minimum Gasteiger partial charge on any atom is -0.507 e. The Morgan fingerprint density at radius 2 is 1.03 bits per heavy atom. The smallest absolute Gasteiger partial charge is 0.330 e. The molecule has 2 aromatic carbocycles. The topological polar surface area (TPSA) is 93.1 Å². The van der Waals surface area contributed by atoms with Crippen molar-refractivity contribution in [2.24, 2.45) is 0 Å². The first-order chi connectivity index (χ1) is 16.7. The number of carbonyl (C=O) groups excluding carboxylic acids is 2. The molecule has 2 aromatic rings. The van der Waals surface area contributed by atoms with Gasteiger partial charge in [0.05, 0.1) is 13.2 Å². The molecule has 0 saturated heterocycles. The van der Waals surface area contributed by atoms with Gasteiger partial charge in [-0.25, -0.2) is 9.59 Å². The number of ether oxygens (including phenoxy) is 2. The Morgan fingerprint density at radius 3 is 1.31 bits per heavy atom. The molecule has 0 bridgehead atoms. The third-order valence-corrected chi connectivity index (χ3v) is 5.57. The van der Waals surface area contributed by atoms with Crippen molar-refractivity contribution >= 4 is 24.1 Å². The predicted octanol–water partition coefficient (Wildman–Crippen LogP) is 6.51. The molecule has 0 aliphatic rings. The van der Waals surface area contributed by atoms with Gasteiger partial charge in [-0.2, -0.15) is 0 Å². The standard InChI is InChI=1S/C30H38O6/c1-9-35-25(31)13-11-19-15-21(27(33)23(17-19)29(3,4)5)22-16-20(12-14-26(32)36-10-2)18-24(28(22)34)30(6,7)8/h11-18,33-34H,9-10H2,1-8H3/b13-11+,14-12+. The quantitative estimate of drug-likeness (QED) is 0.337. The van der Waals surface area contributed by atoms with Gasteiger partial charge < -0.3 is 19.7 Å². The molecule has 6 heteroatoms. The summed E-state index contributed by atoms with van der Waals surface area (Å²) < 4.78 is 9.98. The summed E-state index contributed by atoms with van der Waals surface area (Å²) in [6.07, 6.45) is 5.93. The number of benzene rings is 2. The highest BCUT2D eigenvalue weighted by molar-refractivity contribution is 5.90. The van der Waals surface area contributed by atoms with Gasteiger partial charge in [0.15, 0.2) is 0 Å². The molecule has 0 radical (unpaired) electrons. The Bertz CT molecular complexity index is 1080. The van der Waals surface area contributed by atoms with Crippen molar-refractivity contribution in [1.82, 2.24) is 0 Å². The van der Waals surface area contributed by atoms with E-state index in [1.165, 1.54) is 12.2 Å². The van der Waals surface area contributed by atoms with Crippen LogP contribution in [0.1, 0.15) is 77.6 Å². The van der Waals surface area contributed by atoms with Gasteiger partial charge in [0.1, 0.15) is 11.5 Å². The number of phenolic OH excluding ortho intramolecular Hbond substituents is 2. The highest BCUT2D eigenvalue weighted by Gasteiger charge is 2.26. The summed E-state index contributed by atoms with van der Waals surface area (Å²) in [5.41, 5.74) is 2.66. The van der Waals surface area contributed by atoms with Crippen LogP contribution in [0.3, 0.4) is 0 Å². The number of carbonyl (C=O) groups is 2. The lowest BCUT2D eigenvalue weighted by Gasteiger charge is -2.26. The molecule has 0 atom stereocenters. The van der Waals surface area contributed by atoms with Gasteiger partial charge in [-0.3, -0.25) is 0 Å². The molecular weight excluding hydrogens is 456 g/mol. The van der Waals surface area contributed by atoms with Crippen LogP contribution in [-0.2, 0) is 29.9 Å². The maximum atomic E-state index is 11.9. The van der Waals surface area contributed by atoms with Crippen LogP contribution in [0.25, 0.3) is 23.3 Å². The second kappa shape index (κ2) is 11.5. The van der Waals surface area contributed by atoms with Gasteiger partial charge in [-0.15, -0.1) is 0 Å². The molecule has 0 amide bonds. The Morgan fingerprint density at radius 1 is 0.694 bits per heavy atom. The van der Waals surface area contributed by atoms with Crippen molar-refractivity contribution in [2.75, 3.05) is 13.2 Å². The Kier molecular flexibility index (Phi) is 9.14. The van der Waals surface area contributed by atoms with Crippen LogP contribution < -0.4 is 0 Å². The summed E-state index contributed by atoms with van der Waals surface area (Å²) in [6.45, 7) is 15.9. The number of aromatic hydroxyl groups is 2. The number of phenols is 2. The Hall–Kier alpha value is -3.54. The second-order valence-corrected chi connectivity index (χ2v) is 10.6. The lowest BCUT2D eigenvalue weighted by Crippen LogP contribution is -2.13. The monoisotopic (exact) mass is 494 g/mol. The van der Waals surface area contributed by atoms with Crippen molar-refractivity contribution in [3.63, 3.8) is 0 Å². The lowest BCUT2D eigenvalue weighted by atomic mass is 9.80. The van der Waals surface area contributed by atoms with Crippen LogP contribution in [-0.4, -0.2) is 35.4 Å². The summed E-state index contributed by atoms with van der Waals surface area (Å²) in [5.74, 6) is -0.850. The molecule has 6 nitrogen and oxygen atoms in total. The fraction of sp³-hybridized carbons (Fsp3) is 0.400. The molecule has 0 fully saturated rings. The van der Waals surface area contributed by atoms with Crippen LogP contribution in [0.2, 0.25) is 0 Å². The molecule has 2 rings (SSSR count).